The van der Waals surface area contributed by atoms with Gasteiger partial charge in [0.05, 0.1) is 19.6 Å². The Hall–Kier alpha value is -1.43. The number of aryl methyl sites for hydroxylation is 1. The van der Waals surface area contributed by atoms with E-state index in [0.29, 0.717) is 18.3 Å². The molecule has 17 heavy (non-hydrogen) atoms. The van der Waals surface area contributed by atoms with Gasteiger partial charge in [-0.1, -0.05) is 5.16 Å². The second kappa shape index (κ2) is 5.27. The van der Waals surface area contributed by atoms with Crippen molar-refractivity contribution in [2.45, 2.75) is 26.3 Å². The number of piperidine rings is 1. The molecule has 0 amide bonds. The number of rotatable bonds is 3. The second-order valence-corrected chi connectivity index (χ2v) is 4.31. The molecule has 1 aliphatic heterocycles. The van der Waals surface area contributed by atoms with Crippen molar-refractivity contribution >= 4 is 5.97 Å². The van der Waals surface area contributed by atoms with Crippen LogP contribution < -0.4 is 0 Å². The summed E-state index contributed by atoms with van der Waals surface area (Å²) >= 11 is 0. The van der Waals surface area contributed by atoms with Crippen LogP contribution in [0.2, 0.25) is 0 Å². The van der Waals surface area contributed by atoms with E-state index in [9.17, 15) is 4.79 Å². The molecule has 0 unspecified atom stereocenters. The highest BCUT2D eigenvalue weighted by molar-refractivity contribution is 5.72. The Morgan fingerprint density at radius 2 is 2.24 bits per heavy atom. The number of esters is 1. The maximum Gasteiger partial charge on any atom is 0.308 e. The van der Waals surface area contributed by atoms with Gasteiger partial charge in [-0.05, 0) is 32.9 Å². The van der Waals surface area contributed by atoms with Crippen LogP contribution in [0.3, 0.4) is 0 Å². The molecule has 0 N–H and O–H groups in total. The van der Waals surface area contributed by atoms with Gasteiger partial charge in [-0.15, -0.1) is 0 Å². The Morgan fingerprint density at radius 1 is 1.53 bits per heavy atom. The van der Waals surface area contributed by atoms with Crippen molar-refractivity contribution in [1.29, 1.82) is 0 Å². The number of carbonyl (C=O) groups excluding carboxylic acids is 1. The average Bonchev–Trinajstić information content (AvgIpc) is 2.75. The molecule has 1 aromatic heterocycles. The van der Waals surface area contributed by atoms with Crippen molar-refractivity contribution in [1.82, 2.24) is 15.0 Å². The van der Waals surface area contributed by atoms with Gasteiger partial charge in [-0.3, -0.25) is 9.69 Å². The first-order valence-electron chi connectivity index (χ1n) is 5.78. The fourth-order valence-electron chi connectivity index (χ4n) is 2.09. The summed E-state index contributed by atoms with van der Waals surface area (Å²) in [6.07, 6.45) is 1.67. The van der Waals surface area contributed by atoms with Crippen LogP contribution in [-0.2, 0) is 16.1 Å². The zero-order chi connectivity index (χ0) is 12.3. The molecule has 1 aliphatic rings. The van der Waals surface area contributed by atoms with Gasteiger partial charge in [-0.25, -0.2) is 0 Å². The van der Waals surface area contributed by atoms with Gasteiger partial charge in [-0.2, -0.15) is 4.98 Å². The summed E-state index contributed by atoms with van der Waals surface area (Å²) in [6, 6.07) is 0. The van der Waals surface area contributed by atoms with Gasteiger partial charge in [0.2, 0.25) is 5.89 Å². The number of nitrogens with zero attached hydrogens (tertiary/aromatic N) is 3. The van der Waals surface area contributed by atoms with Crippen LogP contribution >= 0.6 is 0 Å². The van der Waals surface area contributed by atoms with E-state index in [4.69, 9.17) is 9.26 Å². The normalized spacial score (nSPS) is 18.2. The summed E-state index contributed by atoms with van der Waals surface area (Å²) in [5.41, 5.74) is 0. The Kier molecular flexibility index (Phi) is 3.73. The third kappa shape index (κ3) is 3.03. The lowest BCUT2D eigenvalue weighted by Crippen LogP contribution is -2.36. The molecule has 0 aliphatic carbocycles. The lowest BCUT2D eigenvalue weighted by Gasteiger charge is -2.29. The molecule has 0 saturated carbocycles. The lowest BCUT2D eigenvalue weighted by atomic mass is 9.97. The highest BCUT2D eigenvalue weighted by atomic mass is 16.5. The van der Waals surface area contributed by atoms with Gasteiger partial charge in [0.1, 0.15) is 0 Å². The molecule has 0 atom stereocenters. The van der Waals surface area contributed by atoms with Crippen LogP contribution in [0.15, 0.2) is 4.52 Å². The van der Waals surface area contributed by atoms with Gasteiger partial charge in [0, 0.05) is 0 Å². The van der Waals surface area contributed by atoms with Gasteiger partial charge >= 0.3 is 5.97 Å². The summed E-state index contributed by atoms with van der Waals surface area (Å²) in [6.45, 7) is 4.19. The Balaban J connectivity index is 1.81. The minimum absolute atomic E-state index is 0.0423. The van der Waals surface area contributed by atoms with Crippen LogP contribution in [0, 0.1) is 12.8 Å². The van der Waals surface area contributed by atoms with E-state index >= 15 is 0 Å². The lowest BCUT2D eigenvalue weighted by molar-refractivity contribution is -0.147. The van der Waals surface area contributed by atoms with Crippen LogP contribution in [0.4, 0.5) is 0 Å². The largest absolute Gasteiger partial charge is 0.469 e. The molecular formula is C11H17N3O3. The Labute approximate surface area is 99.9 Å². The third-order valence-electron chi connectivity index (χ3n) is 3.05. The summed E-state index contributed by atoms with van der Waals surface area (Å²) in [5.74, 6) is 1.24. The molecule has 6 nitrogen and oxygen atoms in total. The number of methoxy groups -OCH3 is 1. The number of aromatic nitrogens is 2. The van der Waals surface area contributed by atoms with E-state index in [1.54, 1.807) is 6.92 Å². The SMILES string of the molecule is COC(=O)C1CCN(Cc2nc(C)no2)CC1. The molecule has 0 bridgehead atoms. The molecule has 1 aromatic rings. The zero-order valence-corrected chi connectivity index (χ0v) is 10.2. The fourth-order valence-corrected chi connectivity index (χ4v) is 2.09. The smallest absolute Gasteiger partial charge is 0.308 e. The quantitative estimate of drug-likeness (QED) is 0.725. The maximum atomic E-state index is 11.4. The molecule has 1 fully saturated rings. The monoisotopic (exact) mass is 239 g/mol. The van der Waals surface area contributed by atoms with Gasteiger partial charge in [0.15, 0.2) is 5.82 Å². The van der Waals surface area contributed by atoms with Crippen molar-refractivity contribution in [3.05, 3.63) is 11.7 Å². The number of hydrogen-bond acceptors (Lipinski definition) is 6. The van der Waals surface area contributed by atoms with Gasteiger partial charge < -0.3 is 9.26 Å². The topological polar surface area (TPSA) is 68.5 Å². The second-order valence-electron chi connectivity index (χ2n) is 4.31. The van der Waals surface area contributed by atoms with E-state index in [0.717, 1.165) is 25.9 Å². The van der Waals surface area contributed by atoms with Crippen LogP contribution in [-0.4, -0.2) is 41.2 Å². The van der Waals surface area contributed by atoms with E-state index in [1.807, 2.05) is 0 Å². The van der Waals surface area contributed by atoms with Crippen molar-refractivity contribution < 1.29 is 14.1 Å². The van der Waals surface area contributed by atoms with Crippen LogP contribution in [0.5, 0.6) is 0 Å². The molecule has 2 rings (SSSR count). The van der Waals surface area contributed by atoms with E-state index < -0.39 is 0 Å². The Morgan fingerprint density at radius 3 is 2.76 bits per heavy atom. The zero-order valence-electron chi connectivity index (χ0n) is 10.2. The van der Waals surface area contributed by atoms with E-state index in [2.05, 4.69) is 15.0 Å². The first-order chi connectivity index (χ1) is 8.19. The van der Waals surface area contributed by atoms with E-state index in [-0.39, 0.29) is 11.9 Å². The van der Waals surface area contributed by atoms with E-state index in [1.165, 1.54) is 7.11 Å². The molecule has 6 heteroatoms. The number of likely N-dealkylation sites (tertiary alicyclic amines) is 1. The molecule has 1 saturated heterocycles. The molecular weight excluding hydrogens is 222 g/mol. The van der Waals surface area contributed by atoms with Gasteiger partial charge in [0.25, 0.3) is 0 Å². The maximum absolute atomic E-state index is 11.4. The number of ether oxygens (including phenoxy) is 1. The minimum atomic E-state index is -0.0988. The van der Waals surface area contributed by atoms with Crippen molar-refractivity contribution in [2.75, 3.05) is 20.2 Å². The molecule has 94 valence electrons. The number of hydrogen-bond donors (Lipinski definition) is 0. The first kappa shape index (κ1) is 12.0. The molecule has 0 spiro atoms. The molecule has 0 radical (unpaired) electrons. The van der Waals surface area contributed by atoms with Crippen molar-refractivity contribution in [3.63, 3.8) is 0 Å². The minimum Gasteiger partial charge on any atom is -0.469 e. The molecule has 2 heterocycles. The highest BCUT2D eigenvalue weighted by Gasteiger charge is 2.26. The van der Waals surface area contributed by atoms with Crippen molar-refractivity contribution in [3.8, 4) is 0 Å². The first-order valence-corrected chi connectivity index (χ1v) is 5.78. The Bertz CT molecular complexity index is 383. The summed E-state index contributed by atoms with van der Waals surface area (Å²) < 4.78 is 9.82. The standard InChI is InChI=1S/C11H17N3O3/c1-8-12-10(17-13-8)7-14-5-3-9(4-6-14)11(15)16-2/h9H,3-7H2,1-2H3. The summed E-state index contributed by atoms with van der Waals surface area (Å²) in [4.78, 5) is 17.7. The van der Waals surface area contributed by atoms with Crippen LogP contribution in [0.25, 0.3) is 0 Å². The van der Waals surface area contributed by atoms with Crippen molar-refractivity contribution in [2.24, 2.45) is 5.92 Å². The summed E-state index contributed by atoms with van der Waals surface area (Å²) in [5, 5.41) is 3.75. The highest BCUT2D eigenvalue weighted by Crippen LogP contribution is 2.19. The summed E-state index contributed by atoms with van der Waals surface area (Å²) in [7, 11) is 1.44. The molecule has 0 aromatic carbocycles. The van der Waals surface area contributed by atoms with Crippen LogP contribution in [0.1, 0.15) is 24.6 Å². The third-order valence-corrected chi connectivity index (χ3v) is 3.05. The fraction of sp³-hybridized carbons (Fsp3) is 0.727. The number of carbonyl (C=O) groups is 1. The average molecular weight is 239 g/mol. The predicted molar refractivity (Wildman–Crippen MR) is 59.1 cm³/mol. The predicted octanol–water partition coefficient (Wildman–Crippen LogP) is 0.763.